The van der Waals surface area contributed by atoms with Gasteiger partial charge in [0.1, 0.15) is 28.7 Å². The molecule has 0 saturated carbocycles. The van der Waals surface area contributed by atoms with Gasteiger partial charge in [0.25, 0.3) is 22.9 Å². The highest BCUT2D eigenvalue weighted by Gasteiger charge is 2.34. The summed E-state index contributed by atoms with van der Waals surface area (Å²) in [6.45, 7) is 20.8. The lowest BCUT2D eigenvalue weighted by atomic mass is 9.93. The first kappa shape index (κ1) is 82.6. The molecule has 0 unspecified atom stereocenters. The van der Waals surface area contributed by atoms with Crippen LogP contribution in [0.4, 0.5) is 85.0 Å². The second-order valence-electron chi connectivity index (χ2n) is 29.1. The molecule has 1 fully saturated rings. The summed E-state index contributed by atoms with van der Waals surface area (Å²) in [4.78, 5) is 106. The van der Waals surface area contributed by atoms with Gasteiger partial charge in [-0.3, -0.25) is 39.9 Å². The number of amides is 9. The van der Waals surface area contributed by atoms with Crippen LogP contribution in [0.15, 0.2) is 204 Å². The fourth-order valence-electron chi connectivity index (χ4n) is 10.8. The van der Waals surface area contributed by atoms with E-state index in [-0.39, 0.29) is 56.0 Å². The number of pyridine rings is 2. The first-order valence-corrected chi connectivity index (χ1v) is 36.3. The minimum absolute atomic E-state index is 0.00845. The van der Waals surface area contributed by atoms with Crippen LogP contribution in [0.2, 0.25) is 5.02 Å². The van der Waals surface area contributed by atoms with Crippen molar-refractivity contribution in [3.05, 3.63) is 252 Å². The molecule has 6 aromatic heterocycles. The number of aromatic nitrogens is 7. The highest BCUT2D eigenvalue weighted by molar-refractivity contribution is 9.10. The first-order chi connectivity index (χ1) is 53.4. The number of hydrogen-bond acceptors (Lipinski definition) is 18. The monoisotopic (exact) mass is 1630 g/mol. The van der Waals surface area contributed by atoms with Crippen molar-refractivity contribution in [2.45, 2.75) is 111 Å². The van der Waals surface area contributed by atoms with Gasteiger partial charge in [0.15, 0.2) is 28.9 Å². The third-order valence-electron chi connectivity index (χ3n) is 16.9. The van der Waals surface area contributed by atoms with Crippen molar-refractivity contribution in [1.29, 1.82) is 0 Å². The summed E-state index contributed by atoms with van der Waals surface area (Å²) in [5, 5.41) is 49.8. The lowest BCUT2D eigenvalue weighted by molar-refractivity contribution is -0.137. The zero-order chi connectivity index (χ0) is 81.7. The molecule has 10 N–H and O–H groups in total. The Morgan fingerprint density at radius 3 is 1.42 bits per heavy atom. The summed E-state index contributed by atoms with van der Waals surface area (Å²) >= 11 is 9.44. The fraction of sp³-hybridized carbons (Fsp3) is 0.253. The molecule has 0 aliphatic carbocycles. The van der Waals surface area contributed by atoms with Crippen molar-refractivity contribution in [3.8, 4) is 11.4 Å². The molecule has 7 heterocycles. The van der Waals surface area contributed by atoms with Gasteiger partial charge in [-0.25, -0.2) is 19.4 Å². The second kappa shape index (κ2) is 35.4. The third kappa shape index (κ3) is 23.1. The molecule has 5 aromatic carbocycles. The largest absolute Gasteiger partial charge is 0.505 e. The summed E-state index contributed by atoms with van der Waals surface area (Å²) in [7, 11) is 0. The van der Waals surface area contributed by atoms with E-state index < -0.39 is 58.5 Å². The van der Waals surface area contributed by atoms with E-state index in [2.05, 4.69) is 89.3 Å². The topological polar surface area (TPSA) is 382 Å². The number of nitrogens with zero attached hydrogens (tertiary/aromatic N) is 8. The zero-order valence-electron chi connectivity index (χ0n) is 62.8. The minimum Gasteiger partial charge on any atom is -0.505 e. The van der Waals surface area contributed by atoms with Crippen molar-refractivity contribution >= 4 is 121 Å². The van der Waals surface area contributed by atoms with Gasteiger partial charge in [-0.05, 0) is 144 Å². The lowest BCUT2D eigenvalue weighted by Crippen LogP contribution is -2.38. The number of carbonyl (C=O) groups excluding carboxylic acids is 6. The Morgan fingerprint density at radius 2 is 0.991 bits per heavy atom. The Bertz CT molecular complexity index is 5370. The van der Waals surface area contributed by atoms with Crippen LogP contribution in [-0.4, -0.2) is 88.8 Å². The number of hydrogen-bond donors (Lipinski definition) is 10. The number of benzene rings is 5. The molecule has 11 aromatic rings. The van der Waals surface area contributed by atoms with Gasteiger partial charge in [0, 0.05) is 111 Å². The van der Waals surface area contributed by atoms with E-state index in [4.69, 9.17) is 25.2 Å². The summed E-state index contributed by atoms with van der Waals surface area (Å²) in [6.07, 6.45) is -1.12. The quantitative estimate of drug-likeness (QED) is 0.0429. The van der Waals surface area contributed by atoms with E-state index in [9.17, 15) is 56.6 Å². The summed E-state index contributed by atoms with van der Waals surface area (Å²) < 4.78 is 57.5. The highest BCUT2D eigenvalue weighted by Crippen LogP contribution is 2.36. The van der Waals surface area contributed by atoms with Crippen molar-refractivity contribution in [2.75, 3.05) is 65.8 Å². The number of aromatic hydroxyl groups is 1. The normalized spacial score (nSPS) is 12.4. The molecule has 34 heteroatoms. The summed E-state index contributed by atoms with van der Waals surface area (Å²) in [6, 6.07) is 42.8. The average Bonchev–Trinajstić information content (AvgIpc) is 1.36. The van der Waals surface area contributed by atoms with Crippen LogP contribution < -0.4 is 63.9 Å². The summed E-state index contributed by atoms with van der Waals surface area (Å²) in [5.74, 6) is 0.857. The SMILES string of the molecule is CC(C)(C)c1cc(NC(=O)Nc2ccc(NC(=O)C3CCN(c4ncc(C(F)(F)F)cc4Cl)CC3)cc2)no1.CC(C)(C)c1cc(NC(=O)Nc2ccc(NC(=O)c3cc(Br)cn(Cc4ccccc4)c3=O)cc2)no1.Cc1cccc(-n2nc(C(=O)Nc3ccc(NC(=O)Nc4cc(C(C)(C)C)on4)cc3)c(O)cc2=O)c1. The van der Waals surface area contributed by atoms with Crippen LogP contribution in [-0.2, 0) is 33.8 Å². The molecule has 0 radical (unpaired) electrons. The Labute approximate surface area is 658 Å². The number of alkyl halides is 3. The average molecular weight is 1630 g/mol. The van der Waals surface area contributed by atoms with E-state index in [1.807, 2.05) is 106 Å². The second-order valence-corrected chi connectivity index (χ2v) is 30.4. The predicted molar refractivity (Wildman–Crippen MR) is 427 cm³/mol. The van der Waals surface area contributed by atoms with Gasteiger partial charge in [-0.1, -0.05) is 132 Å². The van der Waals surface area contributed by atoms with Crippen molar-refractivity contribution in [3.63, 3.8) is 0 Å². The van der Waals surface area contributed by atoms with Crippen LogP contribution in [0, 0.1) is 12.8 Å². The maximum atomic E-state index is 13.0. The number of urea groups is 3. The molecule has 588 valence electrons. The maximum Gasteiger partial charge on any atom is 0.417 e. The third-order valence-corrected chi connectivity index (χ3v) is 17.6. The number of aryl methyl sites for hydroxylation is 1. The zero-order valence-corrected chi connectivity index (χ0v) is 65.1. The number of anilines is 10. The number of carbonyl (C=O) groups is 6. The maximum absolute atomic E-state index is 13.0. The Morgan fingerprint density at radius 1 is 0.549 bits per heavy atom. The van der Waals surface area contributed by atoms with Crippen LogP contribution in [0.25, 0.3) is 5.69 Å². The van der Waals surface area contributed by atoms with E-state index in [0.717, 1.165) is 34.1 Å². The molecule has 113 heavy (non-hydrogen) atoms. The number of rotatable bonds is 16. The predicted octanol–water partition coefficient (Wildman–Crippen LogP) is 16.8. The van der Waals surface area contributed by atoms with E-state index >= 15 is 0 Å². The standard InChI is InChI=1S/C27H26BrN5O4.C26H28ClF3N6O3.C26H26N6O5/c1-27(2,3)22-14-23(32-37-22)31-26(36)30-20-11-9-19(10-12-20)29-24(34)21-13-18(28)16-33(25(21)35)15-17-7-5-4-6-8-17;1-25(2,3)20-13-21(35-39-20)34-24(38)33-18-6-4-17(5-7-18)32-23(37)15-8-10-36(11-9-15)22-19(27)12-16(14-31-22)26(28,29)30;1-15-6-5-7-18(12-15)32-22(34)13-19(33)23(30-32)24(35)27-16-8-10-17(11-9-16)28-25(36)29-21-14-20(37-31-21)26(2,3)4/h4-14,16H,15H2,1-3H3,(H,29,34)(H2,30,31,32,36);4-7,12-15H,8-11H2,1-3H3,(H,32,37)(H2,33,34,35,38);5-14,33H,1-4H3,(H,27,35)(H2,28,29,31,36). The van der Waals surface area contributed by atoms with Crippen LogP contribution in [0.1, 0.15) is 130 Å². The van der Waals surface area contributed by atoms with Crippen molar-refractivity contribution in [2.24, 2.45) is 5.92 Å². The van der Waals surface area contributed by atoms with E-state index in [0.29, 0.717) is 106 Å². The molecule has 1 aliphatic rings. The molecular formula is C79H80BrClF3N17O12. The molecule has 0 bridgehead atoms. The molecule has 0 atom stereocenters. The molecular weight excluding hydrogens is 1550 g/mol. The Hall–Kier alpha value is -12.9. The van der Waals surface area contributed by atoms with Crippen LogP contribution in [0.5, 0.6) is 5.75 Å². The van der Waals surface area contributed by atoms with Crippen LogP contribution >= 0.6 is 27.5 Å². The summed E-state index contributed by atoms with van der Waals surface area (Å²) in [5.41, 5.74) is 2.31. The molecule has 0 spiro atoms. The van der Waals surface area contributed by atoms with Crippen molar-refractivity contribution in [1.82, 2.24) is 34.8 Å². The van der Waals surface area contributed by atoms with Gasteiger partial charge < -0.3 is 60.0 Å². The van der Waals surface area contributed by atoms with Gasteiger partial charge in [-0.15, -0.1) is 0 Å². The molecule has 1 aliphatic heterocycles. The first-order valence-electron chi connectivity index (χ1n) is 35.1. The Kier molecular flexibility index (Phi) is 25.9. The molecule has 29 nitrogen and oxygen atoms in total. The van der Waals surface area contributed by atoms with Gasteiger partial charge >= 0.3 is 24.3 Å². The van der Waals surface area contributed by atoms with Gasteiger partial charge in [-0.2, -0.15) is 23.0 Å². The molecule has 12 rings (SSSR count). The fourth-order valence-corrected chi connectivity index (χ4v) is 11.6. The molecule has 9 amide bonds. The van der Waals surface area contributed by atoms with Crippen molar-refractivity contribution < 1.29 is 60.6 Å². The lowest BCUT2D eigenvalue weighted by Gasteiger charge is -2.32. The smallest absolute Gasteiger partial charge is 0.417 e. The number of halogens is 5. The molecule has 1 saturated heterocycles. The highest BCUT2D eigenvalue weighted by atomic mass is 79.9. The Balaban J connectivity index is 0.000000180. The number of piperidine rings is 1. The van der Waals surface area contributed by atoms with E-state index in [1.165, 1.54) is 10.6 Å². The minimum atomic E-state index is -4.52. The van der Waals surface area contributed by atoms with Gasteiger partial charge in [0.2, 0.25) is 5.91 Å². The van der Waals surface area contributed by atoms with Gasteiger partial charge in [0.05, 0.1) is 22.8 Å². The van der Waals surface area contributed by atoms with Crippen LogP contribution in [0.3, 0.4) is 0 Å². The number of nitrogens with one attached hydrogen (secondary N) is 9. The van der Waals surface area contributed by atoms with E-state index in [1.54, 1.807) is 120 Å².